The molecule has 1 aromatic carbocycles. The van der Waals surface area contributed by atoms with Crippen LogP contribution in [-0.2, 0) is 6.42 Å². The zero-order valence-corrected chi connectivity index (χ0v) is 17.0. The summed E-state index contributed by atoms with van der Waals surface area (Å²) in [5.41, 5.74) is 0.0420. The van der Waals surface area contributed by atoms with Crippen molar-refractivity contribution < 1.29 is 8.78 Å². The molecule has 0 saturated heterocycles. The Morgan fingerprint density at radius 3 is 2.52 bits per heavy atom. The topological polar surface area (TPSA) is 52.6 Å². The van der Waals surface area contributed by atoms with Gasteiger partial charge >= 0.3 is 0 Å². The van der Waals surface area contributed by atoms with Gasteiger partial charge in [-0.25, -0.2) is 13.8 Å². The number of halogens is 2. The van der Waals surface area contributed by atoms with E-state index in [0.717, 1.165) is 11.4 Å². The molecule has 27 heavy (non-hydrogen) atoms. The molecule has 0 spiro atoms. The van der Waals surface area contributed by atoms with Crippen molar-refractivity contribution in [3.8, 4) is 0 Å². The Morgan fingerprint density at radius 1 is 1.26 bits per heavy atom. The van der Waals surface area contributed by atoms with Crippen molar-refractivity contribution in [3.05, 3.63) is 51.5 Å². The fraction of sp³-hybridized carbons (Fsp3) is 0.474. The number of guanidine groups is 1. The Morgan fingerprint density at radius 2 is 1.96 bits per heavy atom. The Bertz CT molecular complexity index is 740. The highest BCUT2D eigenvalue weighted by molar-refractivity contribution is 7.11. The van der Waals surface area contributed by atoms with E-state index in [1.165, 1.54) is 23.1 Å². The largest absolute Gasteiger partial charge is 0.357 e. The molecule has 0 radical (unpaired) electrons. The summed E-state index contributed by atoms with van der Waals surface area (Å²) in [5, 5.41) is 7.48. The molecule has 0 amide bonds. The first kappa shape index (κ1) is 21.2. The number of likely N-dealkylation sites (N-methyl/N-ethyl adjacent to an activating group) is 1. The molecule has 1 unspecified atom stereocenters. The molecule has 2 N–H and O–H groups in total. The van der Waals surface area contributed by atoms with Gasteiger partial charge in [-0.15, -0.1) is 11.3 Å². The summed E-state index contributed by atoms with van der Waals surface area (Å²) in [7, 11) is 3.58. The van der Waals surface area contributed by atoms with Crippen LogP contribution >= 0.6 is 11.3 Å². The molecule has 0 fully saturated rings. The van der Waals surface area contributed by atoms with Crippen LogP contribution in [0.15, 0.2) is 29.4 Å². The minimum absolute atomic E-state index is 0.0420. The third-order valence-electron chi connectivity index (χ3n) is 4.02. The van der Waals surface area contributed by atoms with Gasteiger partial charge in [0.2, 0.25) is 0 Å². The summed E-state index contributed by atoms with van der Waals surface area (Å²) in [6.07, 6.45) is 2.66. The first-order valence-electron chi connectivity index (χ1n) is 8.96. The second-order valence-electron chi connectivity index (χ2n) is 6.38. The predicted octanol–water partition coefficient (Wildman–Crippen LogP) is 3.13. The van der Waals surface area contributed by atoms with E-state index < -0.39 is 17.7 Å². The summed E-state index contributed by atoms with van der Waals surface area (Å²) < 4.78 is 28.3. The van der Waals surface area contributed by atoms with Gasteiger partial charge in [0.05, 0.1) is 17.6 Å². The molecule has 1 heterocycles. The van der Waals surface area contributed by atoms with Gasteiger partial charge in [-0.05, 0) is 40.1 Å². The number of rotatable bonds is 8. The van der Waals surface area contributed by atoms with Crippen molar-refractivity contribution in [2.24, 2.45) is 4.99 Å². The lowest BCUT2D eigenvalue weighted by atomic mass is 10.0. The van der Waals surface area contributed by atoms with Gasteiger partial charge in [0, 0.05) is 36.1 Å². The maximum absolute atomic E-state index is 14.2. The summed E-state index contributed by atoms with van der Waals surface area (Å²) in [5.74, 6) is -0.489. The number of aryl methyl sites for hydroxylation is 1. The Kier molecular flexibility index (Phi) is 8.12. The summed E-state index contributed by atoms with van der Waals surface area (Å²) >= 11 is 1.67. The number of nitrogens with zero attached hydrogens (tertiary/aromatic N) is 3. The highest BCUT2D eigenvalue weighted by Gasteiger charge is 2.22. The molecule has 0 bridgehead atoms. The maximum Gasteiger partial charge on any atom is 0.191 e. The molecule has 0 aliphatic carbocycles. The predicted molar refractivity (Wildman–Crippen MR) is 107 cm³/mol. The number of aromatic nitrogens is 1. The lowest BCUT2D eigenvalue weighted by Gasteiger charge is -2.24. The Hall–Kier alpha value is -2.06. The van der Waals surface area contributed by atoms with E-state index in [1.807, 2.05) is 20.0 Å². The smallest absolute Gasteiger partial charge is 0.191 e. The van der Waals surface area contributed by atoms with Crippen molar-refractivity contribution in [2.75, 3.05) is 33.7 Å². The van der Waals surface area contributed by atoms with Crippen LogP contribution in [0.1, 0.15) is 28.4 Å². The number of hydrogen-bond acceptors (Lipinski definition) is 4. The summed E-state index contributed by atoms with van der Waals surface area (Å²) in [6.45, 7) is 5.61. The van der Waals surface area contributed by atoms with Gasteiger partial charge in [-0.2, -0.15) is 0 Å². The van der Waals surface area contributed by atoms with Crippen molar-refractivity contribution in [2.45, 2.75) is 26.3 Å². The van der Waals surface area contributed by atoms with Gasteiger partial charge in [0.25, 0.3) is 0 Å². The summed E-state index contributed by atoms with van der Waals surface area (Å²) in [4.78, 5) is 11.8. The van der Waals surface area contributed by atoms with Crippen LogP contribution in [0.5, 0.6) is 0 Å². The van der Waals surface area contributed by atoms with Crippen LogP contribution in [0, 0.1) is 18.6 Å². The van der Waals surface area contributed by atoms with Crippen LogP contribution in [-0.4, -0.2) is 49.6 Å². The summed E-state index contributed by atoms with van der Waals surface area (Å²) in [6, 6.07) is 3.43. The molecule has 1 aromatic heterocycles. The van der Waals surface area contributed by atoms with Crippen LogP contribution in [0.2, 0.25) is 0 Å². The van der Waals surface area contributed by atoms with Gasteiger partial charge in [-0.3, -0.25) is 4.99 Å². The van der Waals surface area contributed by atoms with Gasteiger partial charge in [0.15, 0.2) is 5.96 Å². The lowest BCUT2D eigenvalue weighted by molar-refractivity contribution is 0.290. The van der Waals surface area contributed by atoms with E-state index in [2.05, 4.69) is 20.6 Å². The highest BCUT2D eigenvalue weighted by Crippen LogP contribution is 2.24. The van der Waals surface area contributed by atoms with E-state index in [-0.39, 0.29) is 12.1 Å². The number of hydrogen-bond donors (Lipinski definition) is 2. The fourth-order valence-electron chi connectivity index (χ4n) is 2.67. The van der Waals surface area contributed by atoms with Crippen LogP contribution < -0.4 is 10.6 Å². The number of thiazole rings is 1. The molecular weight excluding hydrogens is 368 g/mol. The zero-order valence-electron chi connectivity index (χ0n) is 16.2. The number of aliphatic imine (C=N–C) groups is 1. The van der Waals surface area contributed by atoms with Crippen LogP contribution in [0.3, 0.4) is 0 Å². The van der Waals surface area contributed by atoms with Crippen LogP contribution in [0.4, 0.5) is 8.78 Å². The molecule has 8 heteroatoms. The second-order valence-corrected chi connectivity index (χ2v) is 7.70. The Labute approximate surface area is 163 Å². The van der Waals surface area contributed by atoms with E-state index in [9.17, 15) is 8.78 Å². The molecule has 5 nitrogen and oxygen atoms in total. The van der Waals surface area contributed by atoms with Gasteiger partial charge in [-0.1, -0.05) is 6.07 Å². The van der Waals surface area contributed by atoms with Gasteiger partial charge in [0.1, 0.15) is 11.6 Å². The monoisotopic (exact) mass is 395 g/mol. The molecule has 1 atom stereocenters. The van der Waals surface area contributed by atoms with Crippen LogP contribution in [0.25, 0.3) is 0 Å². The maximum atomic E-state index is 14.2. The fourth-order valence-corrected chi connectivity index (χ4v) is 3.45. The average molecular weight is 396 g/mol. The van der Waals surface area contributed by atoms with Crippen molar-refractivity contribution >= 4 is 17.3 Å². The second kappa shape index (κ2) is 10.3. The highest BCUT2D eigenvalue weighted by atomic mass is 32.1. The lowest BCUT2D eigenvalue weighted by Crippen LogP contribution is -2.39. The SMILES string of the molecule is CCNC(=NCC(c1c(F)cccc1F)N(C)C)NCCc1ncc(C)s1. The molecule has 2 rings (SSSR count). The first-order valence-corrected chi connectivity index (χ1v) is 9.77. The Balaban J connectivity index is 2.05. The molecule has 148 valence electrons. The van der Waals surface area contributed by atoms with E-state index in [1.54, 1.807) is 30.3 Å². The number of nitrogens with one attached hydrogen (secondary N) is 2. The van der Waals surface area contributed by atoms with Crippen molar-refractivity contribution in [3.63, 3.8) is 0 Å². The third-order valence-corrected chi connectivity index (χ3v) is 5.00. The standard InChI is InChI=1S/C19H27F2N5S/c1-5-22-19(23-10-9-17-24-11-13(2)27-17)25-12-16(26(3)4)18-14(20)7-6-8-15(18)21/h6-8,11,16H,5,9-10,12H2,1-4H3,(H2,22,23,25). The molecule has 2 aromatic rings. The molecule has 0 aliphatic heterocycles. The average Bonchev–Trinajstić information content (AvgIpc) is 3.02. The third kappa shape index (κ3) is 6.25. The quantitative estimate of drug-likeness (QED) is 0.533. The van der Waals surface area contributed by atoms with E-state index in [0.29, 0.717) is 19.0 Å². The molecular formula is C19H27F2N5S. The molecule has 0 saturated carbocycles. The van der Waals surface area contributed by atoms with E-state index >= 15 is 0 Å². The van der Waals surface area contributed by atoms with Crippen molar-refractivity contribution in [1.29, 1.82) is 0 Å². The van der Waals surface area contributed by atoms with E-state index in [4.69, 9.17) is 0 Å². The minimum Gasteiger partial charge on any atom is -0.357 e. The zero-order chi connectivity index (χ0) is 19.8. The normalized spacial score (nSPS) is 13.1. The first-order chi connectivity index (χ1) is 12.9. The molecule has 0 aliphatic rings. The van der Waals surface area contributed by atoms with Crippen molar-refractivity contribution in [1.82, 2.24) is 20.5 Å². The number of benzene rings is 1. The minimum atomic E-state index is -0.555. The van der Waals surface area contributed by atoms with Gasteiger partial charge < -0.3 is 15.5 Å².